The van der Waals surface area contributed by atoms with Gasteiger partial charge in [0.1, 0.15) is 12.7 Å². The Morgan fingerprint density at radius 2 is 1.97 bits per heavy atom. The van der Waals surface area contributed by atoms with E-state index in [2.05, 4.69) is 4.98 Å². The minimum atomic E-state index is -1.02. The highest BCUT2D eigenvalue weighted by molar-refractivity contribution is 5.77. The highest BCUT2D eigenvalue weighted by Gasteiger charge is 2.55. The predicted octanol–water partition coefficient (Wildman–Crippen LogP) is 1.19. The molecule has 0 bridgehead atoms. The summed E-state index contributed by atoms with van der Waals surface area (Å²) < 4.78 is 22.6. The highest BCUT2D eigenvalue weighted by atomic mass is 16.8. The Balaban J connectivity index is 1.47. The average molecular weight is 417 g/mol. The van der Waals surface area contributed by atoms with Gasteiger partial charge >= 0.3 is 17.8 Å². The number of carbonyl (C=O) groups is 2. The quantitative estimate of drug-likeness (QED) is 0.520. The van der Waals surface area contributed by atoms with Gasteiger partial charge in [0, 0.05) is 6.20 Å². The van der Waals surface area contributed by atoms with Crippen molar-refractivity contribution in [1.29, 1.82) is 0 Å². The maximum Gasteiger partial charge on any atom is 0.509 e. The summed E-state index contributed by atoms with van der Waals surface area (Å²) in [5.41, 5.74) is 1.83. The molecule has 2 fully saturated rings. The van der Waals surface area contributed by atoms with Crippen LogP contribution in [0.3, 0.4) is 0 Å². The van der Waals surface area contributed by atoms with Crippen LogP contribution in [0, 0.1) is 0 Å². The van der Waals surface area contributed by atoms with Crippen molar-refractivity contribution in [1.82, 2.24) is 9.55 Å². The molecule has 2 N–H and O–H groups in total. The third-order valence-electron chi connectivity index (χ3n) is 5.01. The van der Waals surface area contributed by atoms with Crippen molar-refractivity contribution in [2.45, 2.75) is 37.4 Å². The van der Waals surface area contributed by atoms with Crippen molar-refractivity contribution in [2.75, 3.05) is 12.1 Å². The van der Waals surface area contributed by atoms with Crippen molar-refractivity contribution in [2.24, 2.45) is 0 Å². The number of anilines is 1. The van der Waals surface area contributed by atoms with Gasteiger partial charge in [-0.3, -0.25) is 20.0 Å². The van der Waals surface area contributed by atoms with Gasteiger partial charge in [-0.15, -0.1) is 0 Å². The van der Waals surface area contributed by atoms with Gasteiger partial charge in [0.15, 0.2) is 24.3 Å². The van der Waals surface area contributed by atoms with Crippen LogP contribution in [-0.4, -0.2) is 51.8 Å². The molecule has 1 aromatic carbocycles. The topological polar surface area (TPSA) is 138 Å². The lowest BCUT2D eigenvalue weighted by atomic mass is 10.0. The van der Waals surface area contributed by atoms with Crippen LogP contribution in [0.2, 0.25) is 0 Å². The van der Waals surface area contributed by atoms with Gasteiger partial charge in [-0.2, -0.15) is 4.98 Å². The normalized spacial score (nSPS) is 25.7. The molecule has 2 saturated heterocycles. The summed E-state index contributed by atoms with van der Waals surface area (Å²) >= 11 is 0. The number of nitrogens with zero attached hydrogens (tertiary/aromatic N) is 2. The van der Waals surface area contributed by atoms with Crippen LogP contribution in [0.15, 0.2) is 47.4 Å². The summed E-state index contributed by atoms with van der Waals surface area (Å²) in [6.45, 7) is 1.53. The number of esters is 1. The zero-order valence-electron chi connectivity index (χ0n) is 15.8. The molecule has 30 heavy (non-hydrogen) atoms. The molecule has 0 unspecified atom stereocenters. The number of ether oxygens (including phenoxy) is 4. The first-order chi connectivity index (χ1) is 14.5. The number of hydrogen-bond acceptors (Lipinski definition) is 10. The molecular formula is C19H19N3O8. The SMILES string of the molecule is C[C@@H](C(=O)OC[C@H]1O[C@@H](n2ccc(NO)nc2=O)[C@@H]2OC(=O)O[C@@H]21)c1ccccc1. The number of hydrogen-bond donors (Lipinski definition) is 2. The maximum absolute atomic E-state index is 12.4. The van der Waals surface area contributed by atoms with E-state index in [1.165, 1.54) is 12.3 Å². The molecule has 0 saturated carbocycles. The number of rotatable bonds is 6. The van der Waals surface area contributed by atoms with Crippen molar-refractivity contribution >= 4 is 17.9 Å². The number of aromatic nitrogens is 2. The zero-order chi connectivity index (χ0) is 21.3. The van der Waals surface area contributed by atoms with E-state index >= 15 is 0 Å². The molecule has 4 rings (SSSR count). The summed E-state index contributed by atoms with van der Waals surface area (Å²) in [5, 5.41) is 8.86. The summed E-state index contributed by atoms with van der Waals surface area (Å²) in [5.74, 6) is -1.01. The van der Waals surface area contributed by atoms with Gasteiger partial charge < -0.3 is 18.9 Å². The van der Waals surface area contributed by atoms with E-state index in [1.54, 1.807) is 12.4 Å². The van der Waals surface area contributed by atoms with Crippen LogP contribution < -0.4 is 11.2 Å². The van der Waals surface area contributed by atoms with Crippen LogP contribution in [0.25, 0.3) is 0 Å². The number of nitrogens with one attached hydrogen (secondary N) is 1. The molecule has 2 aliphatic heterocycles. The fraction of sp³-hybridized carbons (Fsp3) is 0.368. The minimum Gasteiger partial charge on any atom is -0.462 e. The lowest BCUT2D eigenvalue weighted by molar-refractivity contribution is -0.152. The standard InChI is InChI=1S/C19H19N3O8/c1-10(11-5-3-2-4-6-11)17(23)27-9-12-14-15(30-19(25)29-14)16(28-12)22-8-7-13(21-26)20-18(22)24/h2-8,10,12,14-16,26H,9H2,1H3,(H,20,21,24)/t10-,12-,14-,15-,16-/m1/s1. The first kappa shape index (κ1) is 19.9. The van der Waals surface area contributed by atoms with Crippen LogP contribution in [-0.2, 0) is 23.7 Å². The zero-order valence-corrected chi connectivity index (χ0v) is 15.8. The van der Waals surface area contributed by atoms with Crippen LogP contribution in [0.4, 0.5) is 10.6 Å². The molecule has 11 heteroatoms. The van der Waals surface area contributed by atoms with Crippen molar-refractivity contribution < 1.29 is 33.7 Å². The van der Waals surface area contributed by atoms with Gasteiger partial charge in [0.2, 0.25) is 0 Å². The van der Waals surface area contributed by atoms with Crippen LogP contribution in [0.5, 0.6) is 0 Å². The number of fused-ring (bicyclic) bond motifs is 1. The molecule has 158 valence electrons. The van der Waals surface area contributed by atoms with E-state index in [-0.39, 0.29) is 12.4 Å². The Labute approximate surface area is 170 Å². The molecule has 0 radical (unpaired) electrons. The molecule has 2 aliphatic rings. The third kappa shape index (κ3) is 3.72. The second-order valence-corrected chi connectivity index (χ2v) is 6.86. The minimum absolute atomic E-state index is 0.0501. The summed E-state index contributed by atoms with van der Waals surface area (Å²) in [4.78, 5) is 39.9. The average Bonchev–Trinajstić information content (AvgIpc) is 3.29. The van der Waals surface area contributed by atoms with Crippen molar-refractivity contribution in [3.63, 3.8) is 0 Å². The van der Waals surface area contributed by atoms with E-state index in [1.807, 2.05) is 30.3 Å². The molecule has 3 heterocycles. The van der Waals surface area contributed by atoms with Gasteiger partial charge in [-0.25, -0.2) is 9.59 Å². The van der Waals surface area contributed by atoms with Crippen molar-refractivity contribution in [3.8, 4) is 0 Å². The monoisotopic (exact) mass is 417 g/mol. The fourth-order valence-electron chi connectivity index (χ4n) is 3.42. The predicted molar refractivity (Wildman–Crippen MR) is 98.8 cm³/mol. The summed E-state index contributed by atoms with van der Waals surface area (Å²) in [6.07, 6.45) is -3.20. The van der Waals surface area contributed by atoms with E-state index < -0.39 is 48.3 Å². The molecule has 0 spiro atoms. The first-order valence-electron chi connectivity index (χ1n) is 9.21. The number of benzene rings is 1. The largest absolute Gasteiger partial charge is 0.509 e. The second-order valence-electron chi connectivity index (χ2n) is 6.86. The molecule has 5 atom stereocenters. The van der Waals surface area contributed by atoms with Gasteiger partial charge in [-0.1, -0.05) is 30.3 Å². The molecule has 2 aromatic rings. The smallest absolute Gasteiger partial charge is 0.462 e. The van der Waals surface area contributed by atoms with E-state index in [0.29, 0.717) is 0 Å². The number of carbonyl (C=O) groups excluding carboxylic acids is 2. The molecule has 0 aliphatic carbocycles. The van der Waals surface area contributed by atoms with E-state index in [9.17, 15) is 14.4 Å². The van der Waals surface area contributed by atoms with Gasteiger partial charge in [-0.05, 0) is 18.6 Å². The third-order valence-corrected chi connectivity index (χ3v) is 5.01. The first-order valence-corrected chi connectivity index (χ1v) is 9.21. The van der Waals surface area contributed by atoms with Gasteiger partial charge in [0.05, 0.1) is 5.92 Å². The Morgan fingerprint density at radius 1 is 1.23 bits per heavy atom. The molecule has 11 nitrogen and oxygen atoms in total. The Kier molecular flexibility index (Phi) is 5.38. The van der Waals surface area contributed by atoms with Gasteiger partial charge in [0.25, 0.3) is 0 Å². The lowest BCUT2D eigenvalue weighted by Crippen LogP contribution is -2.34. The Morgan fingerprint density at radius 3 is 2.67 bits per heavy atom. The van der Waals surface area contributed by atoms with E-state index in [4.69, 9.17) is 24.2 Å². The highest BCUT2D eigenvalue weighted by Crippen LogP contribution is 2.37. The van der Waals surface area contributed by atoms with Crippen LogP contribution >= 0.6 is 0 Å². The van der Waals surface area contributed by atoms with Crippen LogP contribution in [0.1, 0.15) is 24.6 Å². The fourth-order valence-corrected chi connectivity index (χ4v) is 3.42. The second kappa shape index (κ2) is 8.13. The molecule has 1 aromatic heterocycles. The maximum atomic E-state index is 12.4. The molecule has 0 amide bonds. The van der Waals surface area contributed by atoms with Crippen molar-refractivity contribution in [3.05, 3.63) is 58.6 Å². The Hall–Kier alpha value is -3.44. The summed E-state index contributed by atoms with van der Waals surface area (Å²) in [6, 6.07) is 10.5. The van der Waals surface area contributed by atoms with E-state index in [0.717, 1.165) is 10.1 Å². The Bertz CT molecular complexity index is 995. The molecular weight excluding hydrogens is 398 g/mol. The summed E-state index contributed by atoms with van der Waals surface area (Å²) in [7, 11) is 0. The lowest BCUT2D eigenvalue weighted by Gasteiger charge is -2.19.